The quantitative estimate of drug-likeness (QED) is 0.744. The number of likely N-dealkylation sites (tertiary alicyclic amines) is 1. The number of ether oxygens (including phenoxy) is 1. The minimum absolute atomic E-state index is 0.139. The van der Waals surface area contributed by atoms with Crippen LogP contribution in [0, 0.1) is 11.6 Å². The highest BCUT2D eigenvalue weighted by molar-refractivity contribution is 5.81. The number of fused-ring (bicyclic) bond motifs is 1. The van der Waals surface area contributed by atoms with Crippen molar-refractivity contribution in [3.05, 3.63) is 47.9 Å². The number of aromatic nitrogens is 4. The van der Waals surface area contributed by atoms with E-state index in [1.165, 1.54) is 6.07 Å². The van der Waals surface area contributed by atoms with Crippen molar-refractivity contribution in [2.24, 2.45) is 0 Å². The maximum Gasteiger partial charge on any atom is 0.263 e. The Hall–Kier alpha value is -3.10. The number of hydrogen-bond donors (Lipinski definition) is 1. The van der Waals surface area contributed by atoms with Gasteiger partial charge >= 0.3 is 0 Å². The molecule has 0 spiro atoms. The van der Waals surface area contributed by atoms with Crippen LogP contribution in [0.15, 0.2) is 30.6 Å². The molecule has 1 amide bonds. The standard InChI is InChI=1S/C19H19F2N5O2/c1-11(28-15-3-2-13(20)10-14(15)21)19(27)26-8-4-12(5-9-26)16-17-18(25-24-16)23-7-6-22-17/h2-3,6-7,10-12H,4-5,8-9H2,1H3,(H,23,24,25). The van der Waals surface area contributed by atoms with Gasteiger partial charge in [-0.2, -0.15) is 5.10 Å². The molecular formula is C19H19F2N5O2. The first-order chi connectivity index (χ1) is 13.5. The summed E-state index contributed by atoms with van der Waals surface area (Å²) >= 11 is 0. The average molecular weight is 387 g/mol. The molecule has 4 rings (SSSR count). The zero-order valence-corrected chi connectivity index (χ0v) is 15.2. The summed E-state index contributed by atoms with van der Waals surface area (Å²) in [4.78, 5) is 22.9. The molecule has 1 aliphatic rings. The van der Waals surface area contributed by atoms with E-state index in [1.807, 2.05) is 0 Å². The van der Waals surface area contributed by atoms with E-state index in [9.17, 15) is 13.6 Å². The van der Waals surface area contributed by atoms with Gasteiger partial charge in [-0.25, -0.2) is 18.7 Å². The van der Waals surface area contributed by atoms with Gasteiger partial charge in [-0.05, 0) is 31.9 Å². The fourth-order valence-electron chi connectivity index (χ4n) is 3.51. The van der Waals surface area contributed by atoms with Crippen LogP contribution in [0.5, 0.6) is 5.75 Å². The number of halogens is 2. The molecular weight excluding hydrogens is 368 g/mol. The Morgan fingerprint density at radius 2 is 2.00 bits per heavy atom. The van der Waals surface area contributed by atoms with E-state index in [0.29, 0.717) is 18.7 Å². The third-order valence-corrected chi connectivity index (χ3v) is 4.98. The molecule has 2 aromatic heterocycles. The Morgan fingerprint density at radius 1 is 1.25 bits per heavy atom. The average Bonchev–Trinajstić information content (AvgIpc) is 3.14. The molecule has 1 unspecified atom stereocenters. The van der Waals surface area contributed by atoms with Gasteiger partial charge in [0.25, 0.3) is 5.91 Å². The van der Waals surface area contributed by atoms with Crippen LogP contribution in [0.25, 0.3) is 11.2 Å². The summed E-state index contributed by atoms with van der Waals surface area (Å²) in [5.74, 6) is -1.68. The molecule has 1 saturated heterocycles. The van der Waals surface area contributed by atoms with Crippen molar-refractivity contribution in [2.45, 2.75) is 31.8 Å². The van der Waals surface area contributed by atoms with E-state index in [2.05, 4.69) is 20.2 Å². The predicted molar refractivity (Wildman–Crippen MR) is 96.7 cm³/mol. The Balaban J connectivity index is 1.38. The van der Waals surface area contributed by atoms with Gasteiger partial charge in [-0.3, -0.25) is 9.89 Å². The minimum Gasteiger partial charge on any atom is -0.478 e. The molecule has 9 heteroatoms. The summed E-state index contributed by atoms with van der Waals surface area (Å²) in [7, 11) is 0. The maximum absolute atomic E-state index is 13.7. The van der Waals surface area contributed by atoms with Gasteiger partial charge in [0.2, 0.25) is 0 Å². The zero-order chi connectivity index (χ0) is 19.7. The molecule has 146 valence electrons. The highest BCUT2D eigenvalue weighted by Gasteiger charge is 2.30. The number of amides is 1. The highest BCUT2D eigenvalue weighted by atomic mass is 19.1. The van der Waals surface area contributed by atoms with E-state index in [0.717, 1.165) is 36.2 Å². The molecule has 1 aliphatic heterocycles. The molecule has 7 nitrogen and oxygen atoms in total. The van der Waals surface area contributed by atoms with Crippen molar-refractivity contribution >= 4 is 17.1 Å². The van der Waals surface area contributed by atoms with Gasteiger partial charge in [-0.15, -0.1) is 0 Å². The lowest BCUT2D eigenvalue weighted by atomic mass is 9.93. The van der Waals surface area contributed by atoms with Crippen LogP contribution in [0.1, 0.15) is 31.4 Å². The summed E-state index contributed by atoms with van der Waals surface area (Å²) in [5, 5.41) is 7.19. The van der Waals surface area contributed by atoms with Crippen LogP contribution in [0.2, 0.25) is 0 Å². The number of carbonyl (C=O) groups excluding carboxylic acids is 1. The van der Waals surface area contributed by atoms with Crippen molar-refractivity contribution < 1.29 is 18.3 Å². The van der Waals surface area contributed by atoms with Gasteiger partial charge in [0, 0.05) is 37.5 Å². The lowest BCUT2D eigenvalue weighted by Crippen LogP contribution is -2.44. The fraction of sp³-hybridized carbons (Fsp3) is 0.368. The molecule has 0 saturated carbocycles. The van der Waals surface area contributed by atoms with Gasteiger partial charge in [0.1, 0.15) is 11.3 Å². The number of nitrogens with one attached hydrogen (secondary N) is 1. The first-order valence-electron chi connectivity index (χ1n) is 9.08. The molecule has 3 aromatic rings. The summed E-state index contributed by atoms with van der Waals surface area (Å²) in [6.07, 6.45) is 3.86. The zero-order valence-electron chi connectivity index (χ0n) is 15.2. The Bertz CT molecular complexity index is 1000. The second-order valence-corrected chi connectivity index (χ2v) is 6.80. The molecule has 1 aromatic carbocycles. The molecule has 1 N–H and O–H groups in total. The normalized spacial score (nSPS) is 16.3. The van der Waals surface area contributed by atoms with E-state index in [-0.39, 0.29) is 17.6 Å². The molecule has 1 atom stereocenters. The van der Waals surface area contributed by atoms with Crippen molar-refractivity contribution in [3.63, 3.8) is 0 Å². The number of benzene rings is 1. The van der Waals surface area contributed by atoms with Crippen molar-refractivity contribution in [2.75, 3.05) is 13.1 Å². The molecule has 1 fully saturated rings. The first-order valence-corrected chi connectivity index (χ1v) is 9.08. The highest BCUT2D eigenvalue weighted by Crippen LogP contribution is 2.30. The largest absolute Gasteiger partial charge is 0.478 e. The van der Waals surface area contributed by atoms with E-state index in [4.69, 9.17) is 4.74 Å². The first kappa shape index (κ1) is 18.3. The third kappa shape index (κ3) is 3.51. The summed E-state index contributed by atoms with van der Waals surface area (Å²) in [6.45, 7) is 2.66. The van der Waals surface area contributed by atoms with Gasteiger partial charge in [-0.1, -0.05) is 0 Å². The van der Waals surface area contributed by atoms with E-state index in [1.54, 1.807) is 24.2 Å². The predicted octanol–water partition coefficient (Wildman–Crippen LogP) is 2.80. The third-order valence-electron chi connectivity index (χ3n) is 4.98. The summed E-state index contributed by atoms with van der Waals surface area (Å²) in [5.41, 5.74) is 2.28. The summed E-state index contributed by atoms with van der Waals surface area (Å²) in [6, 6.07) is 3.01. The van der Waals surface area contributed by atoms with Gasteiger partial charge in [0.15, 0.2) is 23.3 Å². The van der Waals surface area contributed by atoms with Gasteiger partial charge in [0.05, 0.1) is 5.69 Å². The molecule has 0 radical (unpaired) electrons. The number of carbonyl (C=O) groups is 1. The minimum atomic E-state index is -0.865. The fourth-order valence-corrected chi connectivity index (χ4v) is 3.51. The number of H-pyrrole nitrogens is 1. The van der Waals surface area contributed by atoms with Crippen LogP contribution < -0.4 is 4.74 Å². The van der Waals surface area contributed by atoms with Gasteiger partial charge < -0.3 is 9.64 Å². The van der Waals surface area contributed by atoms with E-state index < -0.39 is 17.7 Å². The number of nitrogens with zero attached hydrogens (tertiary/aromatic N) is 4. The molecule has 28 heavy (non-hydrogen) atoms. The van der Waals surface area contributed by atoms with Crippen molar-refractivity contribution in [1.29, 1.82) is 0 Å². The van der Waals surface area contributed by atoms with Crippen LogP contribution in [-0.2, 0) is 4.79 Å². The number of aromatic amines is 1. The van der Waals surface area contributed by atoms with Crippen LogP contribution in [0.4, 0.5) is 8.78 Å². The second-order valence-electron chi connectivity index (χ2n) is 6.80. The Morgan fingerprint density at radius 3 is 2.75 bits per heavy atom. The Kier molecular flexibility index (Phi) is 4.89. The number of piperidine rings is 1. The lowest BCUT2D eigenvalue weighted by Gasteiger charge is -2.33. The monoisotopic (exact) mass is 387 g/mol. The summed E-state index contributed by atoms with van der Waals surface area (Å²) < 4.78 is 32.1. The smallest absolute Gasteiger partial charge is 0.263 e. The van der Waals surface area contributed by atoms with Crippen molar-refractivity contribution in [1.82, 2.24) is 25.1 Å². The molecule has 0 bridgehead atoms. The Labute approximate surface area is 159 Å². The molecule has 0 aliphatic carbocycles. The van der Waals surface area contributed by atoms with Crippen LogP contribution >= 0.6 is 0 Å². The SMILES string of the molecule is CC(Oc1ccc(F)cc1F)C(=O)N1CCC(c2[nH]nc3nccnc23)CC1. The van der Waals surface area contributed by atoms with E-state index >= 15 is 0 Å². The lowest BCUT2D eigenvalue weighted by molar-refractivity contribution is -0.139. The number of rotatable bonds is 4. The van der Waals surface area contributed by atoms with Crippen LogP contribution in [0.3, 0.4) is 0 Å². The maximum atomic E-state index is 13.7. The number of hydrogen-bond acceptors (Lipinski definition) is 5. The second kappa shape index (κ2) is 7.49. The van der Waals surface area contributed by atoms with Crippen LogP contribution in [-0.4, -0.2) is 50.2 Å². The van der Waals surface area contributed by atoms with Crippen molar-refractivity contribution in [3.8, 4) is 5.75 Å². The molecule has 3 heterocycles. The topological polar surface area (TPSA) is 84.0 Å².